The van der Waals surface area contributed by atoms with Crippen molar-refractivity contribution in [3.05, 3.63) is 0 Å². The molecule has 0 fully saturated rings. The molecule has 0 aromatic carbocycles. The number of likely N-dealkylation sites (N-methyl/N-ethyl adjacent to an activating group) is 1. The molecule has 0 spiro atoms. The lowest BCUT2D eigenvalue weighted by Crippen LogP contribution is -2.36. The van der Waals surface area contributed by atoms with Crippen molar-refractivity contribution >= 4 is 5.91 Å². The third-order valence-corrected chi connectivity index (χ3v) is 2.21. The van der Waals surface area contributed by atoms with Crippen molar-refractivity contribution in [3.8, 4) is 6.07 Å². The van der Waals surface area contributed by atoms with E-state index >= 15 is 0 Å². The highest BCUT2D eigenvalue weighted by molar-refractivity contribution is 5.80. The second kappa shape index (κ2) is 7.34. The Morgan fingerprint density at radius 2 is 2.07 bits per heavy atom. The van der Waals surface area contributed by atoms with E-state index in [1.807, 2.05) is 6.07 Å². The van der Waals surface area contributed by atoms with Crippen LogP contribution in [0.2, 0.25) is 0 Å². The van der Waals surface area contributed by atoms with Gasteiger partial charge in [0.1, 0.15) is 5.92 Å². The topological polar surface area (TPSA) is 56.1 Å². The first kappa shape index (κ1) is 12.9. The van der Waals surface area contributed by atoms with Crippen LogP contribution in [0.3, 0.4) is 0 Å². The number of carbonyl (C=O) groups excluding carboxylic acids is 1. The van der Waals surface area contributed by atoms with Crippen molar-refractivity contribution in [1.29, 1.82) is 5.26 Å². The molecule has 0 aromatic heterocycles. The summed E-state index contributed by atoms with van der Waals surface area (Å²) >= 11 is 0. The summed E-state index contributed by atoms with van der Waals surface area (Å²) in [4.78, 5) is 13.4. The van der Waals surface area contributed by atoms with Gasteiger partial charge in [0.05, 0.1) is 6.07 Å². The Bertz CT molecular complexity index is 206. The first-order chi connectivity index (χ1) is 6.65. The van der Waals surface area contributed by atoms with Crippen molar-refractivity contribution in [2.75, 3.05) is 26.2 Å². The number of hydrogen-bond acceptors (Lipinski definition) is 3. The minimum atomic E-state index is -0.549. The van der Waals surface area contributed by atoms with E-state index in [0.717, 1.165) is 19.6 Å². The van der Waals surface area contributed by atoms with Gasteiger partial charge < -0.3 is 10.2 Å². The first-order valence-electron chi connectivity index (χ1n) is 5.05. The number of nitrogens with zero attached hydrogens (tertiary/aromatic N) is 2. The number of carbonyl (C=O) groups is 1. The van der Waals surface area contributed by atoms with Gasteiger partial charge in [0.2, 0.25) is 5.91 Å². The zero-order chi connectivity index (χ0) is 11.0. The van der Waals surface area contributed by atoms with Gasteiger partial charge in [-0.05, 0) is 20.0 Å². The largest absolute Gasteiger partial charge is 0.354 e. The van der Waals surface area contributed by atoms with Gasteiger partial charge in [0.15, 0.2) is 0 Å². The van der Waals surface area contributed by atoms with Crippen LogP contribution in [-0.2, 0) is 4.79 Å². The Kier molecular flexibility index (Phi) is 6.77. The van der Waals surface area contributed by atoms with Crippen LogP contribution < -0.4 is 5.32 Å². The third-order valence-electron chi connectivity index (χ3n) is 2.21. The lowest BCUT2D eigenvalue weighted by molar-refractivity contribution is -0.122. The van der Waals surface area contributed by atoms with Crippen LogP contribution in [0.15, 0.2) is 0 Å². The number of hydrogen-bond donors (Lipinski definition) is 1. The van der Waals surface area contributed by atoms with Crippen LogP contribution in [0.25, 0.3) is 0 Å². The summed E-state index contributed by atoms with van der Waals surface area (Å²) in [6.07, 6.45) is 0. The van der Waals surface area contributed by atoms with E-state index in [9.17, 15) is 4.79 Å². The fraction of sp³-hybridized carbons (Fsp3) is 0.800. The first-order valence-corrected chi connectivity index (χ1v) is 5.05. The van der Waals surface area contributed by atoms with Crippen LogP contribution >= 0.6 is 0 Å². The fourth-order valence-corrected chi connectivity index (χ4v) is 1.09. The maximum Gasteiger partial charge on any atom is 0.237 e. The maximum atomic E-state index is 11.2. The van der Waals surface area contributed by atoms with Crippen molar-refractivity contribution in [2.24, 2.45) is 5.92 Å². The number of nitriles is 1. The predicted octanol–water partition coefficient (Wildman–Crippen LogP) is 0.604. The highest BCUT2D eigenvalue weighted by atomic mass is 16.1. The standard InChI is InChI=1S/C10H19N3O/c1-4-13(5-2)7-6-12-10(14)9(3)8-11/h9H,4-7H2,1-3H3,(H,12,14). The molecule has 0 aliphatic rings. The van der Waals surface area contributed by atoms with Gasteiger partial charge in [-0.15, -0.1) is 0 Å². The molecular weight excluding hydrogens is 178 g/mol. The quantitative estimate of drug-likeness (QED) is 0.678. The average molecular weight is 197 g/mol. The highest BCUT2D eigenvalue weighted by Gasteiger charge is 2.10. The second-order valence-electron chi connectivity index (χ2n) is 3.17. The van der Waals surface area contributed by atoms with Gasteiger partial charge in [-0.2, -0.15) is 5.26 Å². The third kappa shape index (κ3) is 4.83. The van der Waals surface area contributed by atoms with E-state index in [-0.39, 0.29) is 5.91 Å². The number of amides is 1. The molecule has 1 unspecified atom stereocenters. The molecular formula is C10H19N3O. The fourth-order valence-electron chi connectivity index (χ4n) is 1.09. The summed E-state index contributed by atoms with van der Waals surface area (Å²) in [5, 5.41) is 11.2. The average Bonchev–Trinajstić information content (AvgIpc) is 2.22. The van der Waals surface area contributed by atoms with Gasteiger partial charge in [0, 0.05) is 13.1 Å². The minimum absolute atomic E-state index is 0.181. The predicted molar refractivity (Wildman–Crippen MR) is 55.6 cm³/mol. The van der Waals surface area contributed by atoms with Crippen molar-refractivity contribution in [3.63, 3.8) is 0 Å². The molecule has 14 heavy (non-hydrogen) atoms. The summed E-state index contributed by atoms with van der Waals surface area (Å²) in [6.45, 7) is 9.21. The Hall–Kier alpha value is -1.08. The lowest BCUT2D eigenvalue weighted by Gasteiger charge is -2.18. The zero-order valence-corrected chi connectivity index (χ0v) is 9.21. The molecule has 1 atom stereocenters. The normalized spacial score (nSPS) is 12.2. The van der Waals surface area contributed by atoms with Crippen LogP contribution in [0.5, 0.6) is 0 Å². The number of rotatable bonds is 6. The van der Waals surface area contributed by atoms with Gasteiger partial charge in [0.25, 0.3) is 0 Å². The Labute approximate surface area is 85.9 Å². The monoisotopic (exact) mass is 197 g/mol. The van der Waals surface area contributed by atoms with E-state index in [2.05, 4.69) is 24.1 Å². The molecule has 80 valence electrons. The Morgan fingerprint density at radius 1 is 1.50 bits per heavy atom. The van der Waals surface area contributed by atoms with Crippen molar-refractivity contribution < 1.29 is 4.79 Å². The summed E-state index contributed by atoms with van der Waals surface area (Å²) < 4.78 is 0. The molecule has 0 saturated carbocycles. The molecule has 0 radical (unpaired) electrons. The molecule has 0 aromatic rings. The van der Waals surface area contributed by atoms with Crippen LogP contribution in [0.4, 0.5) is 0 Å². The molecule has 4 nitrogen and oxygen atoms in total. The molecule has 0 heterocycles. The SMILES string of the molecule is CCN(CC)CCNC(=O)C(C)C#N. The zero-order valence-electron chi connectivity index (χ0n) is 9.21. The molecule has 0 aliphatic carbocycles. The van der Waals surface area contributed by atoms with Crippen LogP contribution in [0, 0.1) is 17.2 Å². The molecule has 1 N–H and O–H groups in total. The molecule has 0 rings (SSSR count). The molecule has 1 amide bonds. The molecule has 0 aliphatic heterocycles. The van der Waals surface area contributed by atoms with Gasteiger partial charge in [-0.1, -0.05) is 13.8 Å². The van der Waals surface area contributed by atoms with E-state index in [4.69, 9.17) is 5.26 Å². The minimum Gasteiger partial charge on any atom is -0.354 e. The summed E-state index contributed by atoms with van der Waals surface area (Å²) in [5.41, 5.74) is 0. The summed E-state index contributed by atoms with van der Waals surface area (Å²) in [6, 6.07) is 1.91. The lowest BCUT2D eigenvalue weighted by atomic mass is 10.2. The van der Waals surface area contributed by atoms with E-state index in [1.54, 1.807) is 6.92 Å². The van der Waals surface area contributed by atoms with Crippen molar-refractivity contribution in [2.45, 2.75) is 20.8 Å². The molecule has 4 heteroatoms. The Balaban J connectivity index is 3.64. The van der Waals surface area contributed by atoms with Gasteiger partial charge in [-0.3, -0.25) is 4.79 Å². The van der Waals surface area contributed by atoms with E-state index in [0.29, 0.717) is 6.54 Å². The molecule has 0 bridgehead atoms. The highest BCUT2D eigenvalue weighted by Crippen LogP contribution is 1.90. The van der Waals surface area contributed by atoms with E-state index < -0.39 is 5.92 Å². The van der Waals surface area contributed by atoms with Crippen LogP contribution in [0.1, 0.15) is 20.8 Å². The smallest absolute Gasteiger partial charge is 0.237 e. The number of nitrogens with one attached hydrogen (secondary N) is 1. The van der Waals surface area contributed by atoms with Gasteiger partial charge in [-0.25, -0.2) is 0 Å². The molecule has 0 saturated heterocycles. The summed E-state index contributed by atoms with van der Waals surface area (Å²) in [5.74, 6) is -0.730. The van der Waals surface area contributed by atoms with Crippen LogP contribution in [-0.4, -0.2) is 37.0 Å². The van der Waals surface area contributed by atoms with Crippen molar-refractivity contribution in [1.82, 2.24) is 10.2 Å². The Morgan fingerprint density at radius 3 is 2.50 bits per heavy atom. The summed E-state index contributed by atoms with van der Waals surface area (Å²) in [7, 11) is 0. The maximum absolute atomic E-state index is 11.2. The second-order valence-corrected chi connectivity index (χ2v) is 3.17. The van der Waals surface area contributed by atoms with Gasteiger partial charge >= 0.3 is 0 Å². The van der Waals surface area contributed by atoms with E-state index in [1.165, 1.54) is 0 Å².